The van der Waals surface area contributed by atoms with Crippen molar-refractivity contribution >= 4 is 11.8 Å². The zero-order valence-corrected chi connectivity index (χ0v) is 21.6. The molecule has 0 unspecified atom stereocenters. The highest BCUT2D eigenvalue weighted by atomic mass is 16.7. The molecule has 0 bridgehead atoms. The Morgan fingerprint density at radius 3 is 2.38 bits per heavy atom. The van der Waals surface area contributed by atoms with E-state index in [1.54, 1.807) is 9.80 Å². The summed E-state index contributed by atoms with van der Waals surface area (Å²) < 4.78 is 16.7. The van der Waals surface area contributed by atoms with Crippen LogP contribution in [-0.2, 0) is 24.3 Å². The molecule has 3 aromatic rings. The highest BCUT2D eigenvalue weighted by Gasteiger charge is 2.35. The van der Waals surface area contributed by atoms with Crippen LogP contribution in [0.5, 0.6) is 11.5 Å². The number of hydrogen-bond acceptors (Lipinski definition) is 5. The number of amides is 2. The highest BCUT2D eigenvalue weighted by molar-refractivity contribution is 5.97. The topological polar surface area (TPSA) is 72.2 Å². The smallest absolute Gasteiger partial charge is 0.254 e. The first kappa shape index (κ1) is 24.9. The summed E-state index contributed by atoms with van der Waals surface area (Å²) in [5.41, 5.74) is 2.79. The van der Waals surface area contributed by atoms with Crippen LogP contribution in [0.1, 0.15) is 65.6 Å². The molecule has 2 heterocycles. The maximum absolute atomic E-state index is 13.7. The van der Waals surface area contributed by atoms with Gasteiger partial charge in [0.2, 0.25) is 12.7 Å². The molecule has 0 atom stereocenters. The van der Waals surface area contributed by atoms with Crippen molar-refractivity contribution in [3.63, 3.8) is 0 Å². The molecule has 7 heteroatoms. The van der Waals surface area contributed by atoms with Crippen LogP contribution in [0.2, 0.25) is 0 Å². The molecule has 2 aromatic carbocycles. The number of fused-ring (bicyclic) bond motifs is 1. The normalized spacial score (nSPS) is 14.0. The average Bonchev–Trinajstić information content (AvgIpc) is 3.50. The molecule has 1 saturated carbocycles. The largest absolute Gasteiger partial charge is 0.464 e. The molecule has 0 saturated heterocycles. The van der Waals surface area contributed by atoms with Crippen LogP contribution >= 0.6 is 0 Å². The van der Waals surface area contributed by atoms with Crippen molar-refractivity contribution in [1.82, 2.24) is 9.80 Å². The second-order valence-corrected chi connectivity index (χ2v) is 9.91. The van der Waals surface area contributed by atoms with Gasteiger partial charge >= 0.3 is 0 Å². The maximum Gasteiger partial charge on any atom is 0.254 e. The van der Waals surface area contributed by atoms with Crippen molar-refractivity contribution in [3.8, 4) is 11.5 Å². The maximum atomic E-state index is 13.7. The van der Waals surface area contributed by atoms with Crippen LogP contribution in [0, 0.1) is 6.92 Å². The predicted octanol–water partition coefficient (Wildman–Crippen LogP) is 5.49. The van der Waals surface area contributed by atoms with Gasteiger partial charge in [0.15, 0.2) is 11.5 Å². The Morgan fingerprint density at radius 1 is 0.919 bits per heavy atom. The lowest BCUT2D eigenvalue weighted by atomic mass is 10.1. The van der Waals surface area contributed by atoms with E-state index < -0.39 is 0 Å². The van der Waals surface area contributed by atoms with Gasteiger partial charge in [0.05, 0.1) is 6.54 Å². The molecular weight excluding hydrogens is 468 g/mol. The van der Waals surface area contributed by atoms with Gasteiger partial charge < -0.3 is 23.7 Å². The standard InChI is InChI=1S/C30H34N2O5/c1-3-4-5-22-7-10-24(11-8-22)30(34)32(25-12-13-25)19-29(33)31(18-26-14-6-21(2)37-26)17-23-9-15-27-28(16-23)36-20-35-27/h6-11,14-16,25H,3-5,12-13,17-20H2,1-2H3. The van der Waals surface area contributed by atoms with Crippen molar-refractivity contribution in [1.29, 1.82) is 0 Å². The number of aryl methyl sites for hydroxylation is 2. The predicted molar refractivity (Wildman–Crippen MR) is 139 cm³/mol. The number of benzene rings is 2. The van der Waals surface area contributed by atoms with Crippen molar-refractivity contribution < 1.29 is 23.5 Å². The summed E-state index contributed by atoms with van der Waals surface area (Å²) in [7, 11) is 0. The van der Waals surface area contributed by atoms with Crippen LogP contribution < -0.4 is 9.47 Å². The molecule has 1 aliphatic carbocycles. The van der Waals surface area contributed by atoms with E-state index in [-0.39, 0.29) is 31.2 Å². The summed E-state index contributed by atoms with van der Waals surface area (Å²) in [6, 6.07) is 17.4. The first-order valence-corrected chi connectivity index (χ1v) is 13.1. The van der Waals surface area contributed by atoms with Gasteiger partial charge in [-0.15, -0.1) is 0 Å². The summed E-state index contributed by atoms with van der Waals surface area (Å²) in [6.07, 6.45) is 5.13. The minimum atomic E-state index is -0.119. The van der Waals surface area contributed by atoms with Crippen LogP contribution in [-0.4, -0.2) is 41.0 Å². The second kappa shape index (κ2) is 11.1. The molecule has 1 aromatic heterocycles. The fourth-order valence-electron chi connectivity index (χ4n) is 4.61. The van der Waals surface area contributed by atoms with Gasteiger partial charge in [-0.05, 0) is 80.1 Å². The molecule has 1 aliphatic heterocycles. The zero-order chi connectivity index (χ0) is 25.8. The number of unbranched alkanes of at least 4 members (excludes halogenated alkanes) is 1. The van der Waals surface area contributed by atoms with E-state index in [9.17, 15) is 9.59 Å². The van der Waals surface area contributed by atoms with Crippen molar-refractivity contribution in [2.75, 3.05) is 13.3 Å². The summed E-state index contributed by atoms with van der Waals surface area (Å²) in [5, 5.41) is 0. The van der Waals surface area contributed by atoms with Crippen LogP contribution in [0.3, 0.4) is 0 Å². The first-order valence-electron chi connectivity index (χ1n) is 13.1. The van der Waals surface area contributed by atoms with E-state index in [0.29, 0.717) is 35.9 Å². The van der Waals surface area contributed by atoms with E-state index in [4.69, 9.17) is 13.9 Å². The van der Waals surface area contributed by atoms with Crippen molar-refractivity contribution in [2.45, 2.75) is 65.1 Å². The van der Waals surface area contributed by atoms with E-state index in [1.807, 2.05) is 61.5 Å². The van der Waals surface area contributed by atoms with Crippen molar-refractivity contribution in [2.24, 2.45) is 0 Å². The van der Waals surface area contributed by atoms with Gasteiger partial charge in [0.25, 0.3) is 5.91 Å². The lowest BCUT2D eigenvalue weighted by molar-refractivity contribution is -0.133. The molecule has 1 fully saturated rings. The number of hydrogen-bond donors (Lipinski definition) is 0. The molecule has 7 nitrogen and oxygen atoms in total. The molecule has 5 rings (SSSR count). The molecule has 37 heavy (non-hydrogen) atoms. The van der Waals surface area contributed by atoms with E-state index >= 15 is 0 Å². The average molecular weight is 503 g/mol. The molecule has 0 spiro atoms. The van der Waals surface area contributed by atoms with Crippen LogP contribution in [0.4, 0.5) is 0 Å². The summed E-state index contributed by atoms with van der Waals surface area (Å²) in [5.74, 6) is 2.67. The van der Waals surface area contributed by atoms with Gasteiger partial charge in [-0.2, -0.15) is 0 Å². The molecule has 194 valence electrons. The lowest BCUT2D eigenvalue weighted by Gasteiger charge is -2.27. The lowest BCUT2D eigenvalue weighted by Crippen LogP contribution is -2.43. The summed E-state index contributed by atoms with van der Waals surface area (Å²) >= 11 is 0. The molecule has 2 amide bonds. The van der Waals surface area contributed by atoms with E-state index in [2.05, 4.69) is 6.92 Å². The third kappa shape index (κ3) is 6.16. The van der Waals surface area contributed by atoms with Crippen molar-refractivity contribution in [3.05, 3.63) is 82.8 Å². The highest BCUT2D eigenvalue weighted by Crippen LogP contribution is 2.33. The molecular formula is C30H34N2O5. The zero-order valence-electron chi connectivity index (χ0n) is 21.6. The Morgan fingerprint density at radius 2 is 1.68 bits per heavy atom. The molecule has 2 aliphatic rings. The minimum Gasteiger partial charge on any atom is -0.464 e. The number of carbonyl (C=O) groups is 2. The van der Waals surface area contributed by atoms with Gasteiger partial charge in [-0.1, -0.05) is 31.5 Å². The number of rotatable bonds is 11. The summed E-state index contributed by atoms with van der Waals surface area (Å²) in [6.45, 7) is 4.98. The first-order chi connectivity index (χ1) is 18.0. The minimum absolute atomic E-state index is 0.0331. The number of carbonyl (C=O) groups excluding carboxylic acids is 2. The third-order valence-electron chi connectivity index (χ3n) is 6.88. The Hall–Kier alpha value is -3.74. The Kier molecular flexibility index (Phi) is 7.49. The van der Waals surface area contributed by atoms with Crippen LogP contribution in [0.15, 0.2) is 59.0 Å². The summed E-state index contributed by atoms with van der Waals surface area (Å²) in [4.78, 5) is 30.6. The number of furan rings is 1. The second-order valence-electron chi connectivity index (χ2n) is 9.91. The third-order valence-corrected chi connectivity index (χ3v) is 6.88. The van der Waals surface area contributed by atoms with Gasteiger partial charge in [0.1, 0.15) is 18.1 Å². The monoisotopic (exact) mass is 502 g/mol. The van der Waals surface area contributed by atoms with Gasteiger partial charge in [0, 0.05) is 18.2 Å². The Bertz CT molecular complexity index is 1250. The van der Waals surface area contributed by atoms with E-state index in [1.165, 1.54) is 5.56 Å². The number of ether oxygens (including phenoxy) is 2. The SMILES string of the molecule is CCCCc1ccc(C(=O)N(CC(=O)N(Cc2ccc3c(c2)OCO3)Cc2ccc(C)o2)C2CC2)cc1. The number of nitrogens with zero attached hydrogens (tertiary/aromatic N) is 2. The fraction of sp³-hybridized carbons (Fsp3) is 0.400. The van der Waals surface area contributed by atoms with Gasteiger partial charge in [-0.25, -0.2) is 0 Å². The van der Waals surface area contributed by atoms with Gasteiger partial charge in [-0.3, -0.25) is 9.59 Å². The Balaban J connectivity index is 1.32. The van der Waals surface area contributed by atoms with E-state index in [0.717, 1.165) is 43.4 Å². The quantitative estimate of drug-likeness (QED) is 0.347. The molecule has 0 N–H and O–H groups in total. The van der Waals surface area contributed by atoms with Crippen LogP contribution in [0.25, 0.3) is 0 Å². The Labute approximate surface area is 218 Å². The fourth-order valence-corrected chi connectivity index (χ4v) is 4.61. The molecule has 0 radical (unpaired) electrons.